The number of nitrogens with two attached hydrogens (primary N) is 1. The van der Waals surface area contributed by atoms with E-state index in [-0.39, 0.29) is 5.54 Å². The molecule has 0 aromatic heterocycles. The molecule has 2 rings (SSSR count). The minimum absolute atomic E-state index is 0.0460. The van der Waals surface area contributed by atoms with Gasteiger partial charge in [0.2, 0.25) is 0 Å². The Balaban J connectivity index is 1.91. The fraction of sp³-hybridized carbons (Fsp3) is 0.684. The van der Waals surface area contributed by atoms with Crippen molar-refractivity contribution in [3.05, 3.63) is 34.9 Å². The lowest BCUT2D eigenvalue weighted by Gasteiger charge is -2.37. The van der Waals surface area contributed by atoms with E-state index >= 15 is 0 Å². The molecule has 1 aromatic rings. The summed E-state index contributed by atoms with van der Waals surface area (Å²) in [5, 5.41) is 0. The molecular formula is C19H31N. The molecule has 2 N–H and O–H groups in total. The van der Waals surface area contributed by atoms with E-state index in [2.05, 4.69) is 39.0 Å². The van der Waals surface area contributed by atoms with Crippen LogP contribution in [0, 0.1) is 19.8 Å². The van der Waals surface area contributed by atoms with Crippen LogP contribution >= 0.6 is 0 Å². The van der Waals surface area contributed by atoms with Gasteiger partial charge in [0.15, 0.2) is 0 Å². The van der Waals surface area contributed by atoms with Crippen molar-refractivity contribution in [2.75, 3.05) is 0 Å². The van der Waals surface area contributed by atoms with Gasteiger partial charge in [-0.05, 0) is 68.6 Å². The molecule has 112 valence electrons. The van der Waals surface area contributed by atoms with Crippen molar-refractivity contribution in [3.63, 3.8) is 0 Å². The zero-order valence-electron chi connectivity index (χ0n) is 13.5. The fourth-order valence-electron chi connectivity index (χ4n) is 3.53. The van der Waals surface area contributed by atoms with Gasteiger partial charge in [-0.25, -0.2) is 0 Å². The van der Waals surface area contributed by atoms with Gasteiger partial charge in [0, 0.05) is 5.54 Å². The summed E-state index contributed by atoms with van der Waals surface area (Å²) in [5.41, 5.74) is 10.9. The van der Waals surface area contributed by atoms with Crippen LogP contribution in [0.4, 0.5) is 0 Å². The summed E-state index contributed by atoms with van der Waals surface area (Å²) in [7, 11) is 0. The molecule has 1 nitrogen and oxygen atoms in total. The second kappa shape index (κ2) is 6.76. The zero-order chi connectivity index (χ0) is 14.6. The van der Waals surface area contributed by atoms with Crippen LogP contribution in [0.3, 0.4) is 0 Å². The minimum atomic E-state index is 0.0460. The highest BCUT2D eigenvalue weighted by molar-refractivity contribution is 5.31. The fourth-order valence-corrected chi connectivity index (χ4v) is 3.53. The maximum absolute atomic E-state index is 6.67. The van der Waals surface area contributed by atoms with Crippen molar-refractivity contribution in [2.24, 2.45) is 11.7 Å². The Hall–Kier alpha value is -0.820. The van der Waals surface area contributed by atoms with Crippen LogP contribution < -0.4 is 5.73 Å². The smallest absolute Gasteiger partial charge is 0.0195 e. The lowest BCUT2D eigenvalue weighted by atomic mass is 9.73. The Morgan fingerprint density at radius 3 is 2.45 bits per heavy atom. The molecule has 0 amide bonds. The SMILES string of the molecule is CCCCC1CCC(N)(Cc2ccc(C)c(C)c2)CC1. The molecule has 1 saturated carbocycles. The molecule has 1 fully saturated rings. The zero-order valence-corrected chi connectivity index (χ0v) is 13.5. The maximum Gasteiger partial charge on any atom is 0.0195 e. The van der Waals surface area contributed by atoms with Crippen molar-refractivity contribution >= 4 is 0 Å². The summed E-state index contributed by atoms with van der Waals surface area (Å²) in [5.74, 6) is 0.936. The number of unbranched alkanes of at least 4 members (excludes halogenated alkanes) is 1. The van der Waals surface area contributed by atoms with Gasteiger partial charge in [-0.3, -0.25) is 0 Å². The highest BCUT2D eigenvalue weighted by Gasteiger charge is 2.31. The van der Waals surface area contributed by atoms with E-state index in [1.807, 2.05) is 0 Å². The quantitative estimate of drug-likeness (QED) is 0.809. The molecule has 1 aliphatic carbocycles. The molecule has 1 heteroatoms. The molecule has 0 radical (unpaired) electrons. The summed E-state index contributed by atoms with van der Waals surface area (Å²) in [4.78, 5) is 0. The number of hydrogen-bond donors (Lipinski definition) is 1. The van der Waals surface area contributed by atoms with E-state index in [1.165, 1.54) is 61.6 Å². The predicted octanol–water partition coefficient (Wildman–Crippen LogP) is 4.92. The van der Waals surface area contributed by atoms with Gasteiger partial charge in [-0.2, -0.15) is 0 Å². The summed E-state index contributed by atoms with van der Waals surface area (Å²) in [6.07, 6.45) is 10.3. The molecule has 0 aliphatic heterocycles. The van der Waals surface area contributed by atoms with Gasteiger partial charge in [-0.15, -0.1) is 0 Å². The Morgan fingerprint density at radius 2 is 1.85 bits per heavy atom. The molecule has 1 aliphatic rings. The average Bonchev–Trinajstić information content (AvgIpc) is 2.42. The lowest BCUT2D eigenvalue weighted by molar-refractivity contribution is 0.221. The van der Waals surface area contributed by atoms with E-state index in [9.17, 15) is 0 Å². The van der Waals surface area contributed by atoms with Gasteiger partial charge in [0.25, 0.3) is 0 Å². The highest BCUT2D eigenvalue weighted by atomic mass is 14.7. The van der Waals surface area contributed by atoms with Crippen molar-refractivity contribution in [2.45, 2.75) is 77.7 Å². The van der Waals surface area contributed by atoms with Crippen molar-refractivity contribution in [3.8, 4) is 0 Å². The first-order chi connectivity index (χ1) is 9.52. The Kier molecular flexibility index (Phi) is 5.26. The molecule has 0 atom stereocenters. The average molecular weight is 273 g/mol. The molecule has 0 unspecified atom stereocenters. The van der Waals surface area contributed by atoms with Gasteiger partial charge in [0.1, 0.15) is 0 Å². The van der Waals surface area contributed by atoms with E-state index in [4.69, 9.17) is 5.73 Å². The summed E-state index contributed by atoms with van der Waals surface area (Å²) in [6.45, 7) is 6.66. The van der Waals surface area contributed by atoms with Crippen LogP contribution in [0.1, 0.15) is 68.6 Å². The van der Waals surface area contributed by atoms with Gasteiger partial charge >= 0.3 is 0 Å². The van der Waals surface area contributed by atoms with Crippen LogP contribution in [-0.4, -0.2) is 5.54 Å². The van der Waals surface area contributed by atoms with E-state index < -0.39 is 0 Å². The maximum atomic E-state index is 6.67. The highest BCUT2D eigenvalue weighted by Crippen LogP contribution is 2.35. The Bertz CT molecular complexity index is 427. The Labute approximate surface area is 125 Å². The second-order valence-corrected chi connectivity index (χ2v) is 7.04. The summed E-state index contributed by atoms with van der Waals surface area (Å²) in [6, 6.07) is 6.83. The number of aryl methyl sites for hydroxylation is 2. The third kappa shape index (κ3) is 4.09. The van der Waals surface area contributed by atoms with Crippen LogP contribution in [0.2, 0.25) is 0 Å². The number of benzene rings is 1. The van der Waals surface area contributed by atoms with Crippen LogP contribution in [-0.2, 0) is 6.42 Å². The van der Waals surface area contributed by atoms with Gasteiger partial charge in [-0.1, -0.05) is 44.4 Å². The molecule has 0 spiro atoms. The van der Waals surface area contributed by atoms with E-state index in [1.54, 1.807) is 0 Å². The van der Waals surface area contributed by atoms with Crippen molar-refractivity contribution in [1.29, 1.82) is 0 Å². The third-order valence-electron chi connectivity index (χ3n) is 5.19. The number of hydrogen-bond acceptors (Lipinski definition) is 1. The Morgan fingerprint density at radius 1 is 1.15 bits per heavy atom. The van der Waals surface area contributed by atoms with E-state index in [0.717, 1.165) is 12.3 Å². The van der Waals surface area contributed by atoms with E-state index in [0.29, 0.717) is 0 Å². The van der Waals surface area contributed by atoms with Gasteiger partial charge < -0.3 is 5.73 Å². The van der Waals surface area contributed by atoms with Crippen LogP contribution in [0.15, 0.2) is 18.2 Å². The van der Waals surface area contributed by atoms with Crippen molar-refractivity contribution in [1.82, 2.24) is 0 Å². The molecule has 0 bridgehead atoms. The second-order valence-electron chi connectivity index (χ2n) is 7.04. The summed E-state index contributed by atoms with van der Waals surface area (Å²) >= 11 is 0. The molecule has 0 saturated heterocycles. The van der Waals surface area contributed by atoms with Crippen LogP contribution in [0.5, 0.6) is 0 Å². The third-order valence-corrected chi connectivity index (χ3v) is 5.19. The van der Waals surface area contributed by atoms with Crippen LogP contribution in [0.25, 0.3) is 0 Å². The lowest BCUT2D eigenvalue weighted by Crippen LogP contribution is -2.45. The molecule has 20 heavy (non-hydrogen) atoms. The molecule has 1 aromatic carbocycles. The monoisotopic (exact) mass is 273 g/mol. The van der Waals surface area contributed by atoms with Gasteiger partial charge in [0.05, 0.1) is 0 Å². The predicted molar refractivity (Wildman–Crippen MR) is 88.0 cm³/mol. The van der Waals surface area contributed by atoms with Crippen molar-refractivity contribution < 1.29 is 0 Å². The first-order valence-corrected chi connectivity index (χ1v) is 8.37. The standard InChI is InChI=1S/C19H31N/c1-4-5-6-17-9-11-19(20,12-10-17)14-18-8-7-15(2)16(3)13-18/h7-8,13,17H,4-6,9-12,14,20H2,1-3H3. The first-order valence-electron chi connectivity index (χ1n) is 8.37. The molecule has 0 heterocycles. The largest absolute Gasteiger partial charge is 0.325 e. The molecular weight excluding hydrogens is 242 g/mol. The number of rotatable bonds is 5. The minimum Gasteiger partial charge on any atom is -0.325 e. The topological polar surface area (TPSA) is 26.0 Å². The summed E-state index contributed by atoms with van der Waals surface area (Å²) < 4.78 is 0. The normalized spacial score (nSPS) is 26.7. The first kappa shape index (κ1) is 15.6.